The molecule has 1 atom stereocenters. The van der Waals surface area contributed by atoms with Crippen LogP contribution in [0.15, 0.2) is 164 Å². The van der Waals surface area contributed by atoms with Gasteiger partial charge < -0.3 is 4.90 Å². The minimum atomic E-state index is 0.242. The van der Waals surface area contributed by atoms with Gasteiger partial charge in [-0.25, -0.2) is 0 Å². The summed E-state index contributed by atoms with van der Waals surface area (Å²) in [7, 11) is 0. The molecule has 7 aromatic carbocycles. The number of hydrogen-bond donors (Lipinski definition) is 0. The molecule has 0 spiro atoms. The molecular weight excluding hydrogens is 619 g/mol. The van der Waals surface area contributed by atoms with Crippen molar-refractivity contribution in [3.63, 3.8) is 0 Å². The summed E-state index contributed by atoms with van der Waals surface area (Å²) < 4.78 is 5.37. The van der Waals surface area contributed by atoms with Crippen LogP contribution in [-0.2, 0) is 6.42 Å². The number of aryl methyl sites for hydroxylation is 1. The number of thiophene rings is 2. The number of fused-ring (bicyclic) bond motifs is 6. The molecule has 3 heteroatoms. The average Bonchev–Trinajstić information content (AvgIpc) is 3.70. The Morgan fingerprint density at radius 3 is 1.81 bits per heavy atom. The Morgan fingerprint density at radius 1 is 0.458 bits per heavy atom. The fourth-order valence-electron chi connectivity index (χ4n) is 7.31. The van der Waals surface area contributed by atoms with Crippen LogP contribution in [-0.4, -0.2) is 0 Å². The second-order valence-electron chi connectivity index (χ2n) is 12.6. The molecule has 9 aromatic rings. The molecule has 2 aromatic heterocycles. The third kappa shape index (κ3) is 5.16. The molecule has 0 amide bonds. The molecule has 0 aliphatic heterocycles. The fraction of sp³-hybridized carbons (Fsp3) is 0.0667. The van der Waals surface area contributed by atoms with Crippen LogP contribution in [0.2, 0.25) is 0 Å². The molecule has 0 bridgehead atoms. The number of benzene rings is 7. The van der Waals surface area contributed by atoms with Crippen molar-refractivity contribution in [2.75, 3.05) is 4.90 Å². The van der Waals surface area contributed by atoms with Crippen LogP contribution in [0.4, 0.5) is 17.1 Å². The molecule has 0 saturated carbocycles. The predicted octanol–water partition coefficient (Wildman–Crippen LogP) is 13.6. The molecule has 0 N–H and O–H groups in total. The maximum absolute atomic E-state index is 2.47. The van der Waals surface area contributed by atoms with Gasteiger partial charge in [0.2, 0.25) is 0 Å². The van der Waals surface area contributed by atoms with E-state index in [0.717, 1.165) is 17.8 Å². The first-order chi connectivity index (χ1) is 23.7. The molecule has 9 rings (SSSR count). The Morgan fingerprint density at radius 2 is 1.06 bits per heavy atom. The summed E-state index contributed by atoms with van der Waals surface area (Å²) in [6.45, 7) is 2.30. The van der Waals surface area contributed by atoms with E-state index in [9.17, 15) is 0 Å². The molecule has 0 aliphatic carbocycles. The lowest BCUT2D eigenvalue weighted by Gasteiger charge is -2.25. The van der Waals surface area contributed by atoms with Crippen LogP contribution in [0.1, 0.15) is 28.2 Å². The summed E-state index contributed by atoms with van der Waals surface area (Å²) in [5.41, 5.74) is 8.92. The van der Waals surface area contributed by atoms with Crippen LogP contribution < -0.4 is 4.90 Å². The van der Waals surface area contributed by atoms with Crippen molar-refractivity contribution >= 4 is 80.1 Å². The summed E-state index contributed by atoms with van der Waals surface area (Å²) in [6.07, 6.45) is 0.956. The lowest BCUT2D eigenvalue weighted by atomic mass is 9.84. The molecule has 230 valence electrons. The Kier molecular flexibility index (Phi) is 7.30. The number of nitrogens with zero attached hydrogens (tertiary/aromatic N) is 1. The first kappa shape index (κ1) is 29.0. The summed E-state index contributed by atoms with van der Waals surface area (Å²) in [4.78, 5) is 2.35. The van der Waals surface area contributed by atoms with Crippen molar-refractivity contribution in [1.29, 1.82) is 0 Å². The van der Waals surface area contributed by atoms with Crippen molar-refractivity contribution < 1.29 is 0 Å². The normalized spacial score (nSPS) is 12.3. The van der Waals surface area contributed by atoms with Crippen molar-refractivity contribution in [3.8, 4) is 0 Å². The van der Waals surface area contributed by atoms with E-state index in [4.69, 9.17) is 0 Å². The third-order valence-corrected chi connectivity index (χ3v) is 11.8. The van der Waals surface area contributed by atoms with Gasteiger partial charge in [0.15, 0.2) is 0 Å². The Labute approximate surface area is 289 Å². The largest absolute Gasteiger partial charge is 0.310 e. The molecule has 1 nitrogen and oxygen atoms in total. The van der Waals surface area contributed by atoms with E-state index in [1.165, 1.54) is 68.3 Å². The molecule has 0 fully saturated rings. The van der Waals surface area contributed by atoms with Gasteiger partial charge in [0.25, 0.3) is 0 Å². The van der Waals surface area contributed by atoms with Gasteiger partial charge in [0, 0.05) is 63.3 Å². The molecule has 0 saturated heterocycles. The average molecular weight is 652 g/mol. The van der Waals surface area contributed by atoms with Crippen LogP contribution >= 0.6 is 22.7 Å². The molecule has 0 unspecified atom stereocenters. The van der Waals surface area contributed by atoms with E-state index in [-0.39, 0.29) is 5.92 Å². The number of hydrogen-bond acceptors (Lipinski definition) is 3. The zero-order valence-electron chi connectivity index (χ0n) is 26.6. The van der Waals surface area contributed by atoms with Crippen molar-refractivity contribution in [3.05, 3.63) is 186 Å². The summed E-state index contributed by atoms with van der Waals surface area (Å²) >= 11 is 3.80. The molecule has 2 heterocycles. The molecule has 0 radical (unpaired) electrons. The summed E-state index contributed by atoms with van der Waals surface area (Å²) in [5, 5.41) is 5.39. The van der Waals surface area contributed by atoms with Gasteiger partial charge in [0.05, 0.1) is 0 Å². The van der Waals surface area contributed by atoms with E-state index in [0.29, 0.717) is 0 Å². The lowest BCUT2D eigenvalue weighted by molar-refractivity contribution is 0.807. The van der Waals surface area contributed by atoms with E-state index >= 15 is 0 Å². The zero-order valence-corrected chi connectivity index (χ0v) is 28.3. The van der Waals surface area contributed by atoms with E-state index in [1.54, 1.807) is 0 Å². The second-order valence-corrected chi connectivity index (χ2v) is 14.8. The standard InChI is InChI=1S/C45H33NS2/c1-30-25-33(38(26-31-13-5-2-6-14-31)32-21-23-42-39(27-32)37-19-11-12-20-41(37)47-42)28-44-45(30)40-29-36(22-24-43(40)48-44)46(34-15-7-3-8-16-34)35-17-9-4-10-18-35/h2-25,27-29,38H,26H2,1H3/t38-/m1/s1. The topological polar surface area (TPSA) is 3.24 Å². The smallest absolute Gasteiger partial charge is 0.0468 e. The highest BCUT2D eigenvalue weighted by Crippen LogP contribution is 2.44. The van der Waals surface area contributed by atoms with Crippen LogP contribution in [0.25, 0.3) is 40.3 Å². The number of para-hydroxylation sites is 2. The lowest BCUT2D eigenvalue weighted by Crippen LogP contribution is -2.09. The molecular formula is C45H33NS2. The Hall–Kier alpha value is -5.22. The highest BCUT2D eigenvalue weighted by molar-refractivity contribution is 7.26. The van der Waals surface area contributed by atoms with Gasteiger partial charge in [-0.05, 0) is 102 Å². The summed E-state index contributed by atoms with van der Waals surface area (Å²) in [6, 6.07) is 60.2. The first-order valence-electron chi connectivity index (χ1n) is 16.5. The minimum absolute atomic E-state index is 0.242. The third-order valence-electron chi connectivity index (χ3n) is 9.55. The molecule has 48 heavy (non-hydrogen) atoms. The first-order valence-corrected chi connectivity index (χ1v) is 18.1. The highest BCUT2D eigenvalue weighted by atomic mass is 32.1. The summed E-state index contributed by atoms with van der Waals surface area (Å²) in [5.74, 6) is 0.242. The second kappa shape index (κ2) is 12.1. The van der Waals surface area contributed by atoms with Gasteiger partial charge in [-0.15, -0.1) is 22.7 Å². The van der Waals surface area contributed by atoms with E-state index in [2.05, 4.69) is 176 Å². The fourth-order valence-corrected chi connectivity index (χ4v) is 9.61. The van der Waals surface area contributed by atoms with Gasteiger partial charge in [-0.1, -0.05) is 97.1 Å². The van der Waals surface area contributed by atoms with Crippen molar-refractivity contribution in [1.82, 2.24) is 0 Å². The molecule has 0 aliphatic rings. The minimum Gasteiger partial charge on any atom is -0.310 e. The van der Waals surface area contributed by atoms with E-state index < -0.39 is 0 Å². The Bertz CT molecular complexity index is 2510. The van der Waals surface area contributed by atoms with Gasteiger partial charge in [-0.2, -0.15) is 0 Å². The van der Waals surface area contributed by atoms with E-state index in [1.807, 2.05) is 22.7 Å². The van der Waals surface area contributed by atoms with Gasteiger partial charge >= 0.3 is 0 Å². The number of anilines is 3. The highest BCUT2D eigenvalue weighted by Gasteiger charge is 2.21. The van der Waals surface area contributed by atoms with Crippen LogP contribution in [0, 0.1) is 6.92 Å². The predicted molar refractivity (Wildman–Crippen MR) is 210 cm³/mol. The van der Waals surface area contributed by atoms with Crippen LogP contribution in [0.5, 0.6) is 0 Å². The number of rotatable bonds is 7. The van der Waals surface area contributed by atoms with Gasteiger partial charge in [0.1, 0.15) is 0 Å². The zero-order chi connectivity index (χ0) is 32.0. The SMILES string of the molecule is Cc1cc([C@H](Cc2ccccc2)c2ccc3sc4ccccc4c3c2)cc2sc3ccc(N(c4ccccc4)c4ccccc4)cc3c12. The Balaban J connectivity index is 1.19. The maximum Gasteiger partial charge on any atom is 0.0468 e. The van der Waals surface area contributed by atoms with Crippen molar-refractivity contribution in [2.24, 2.45) is 0 Å². The van der Waals surface area contributed by atoms with Crippen LogP contribution in [0.3, 0.4) is 0 Å². The van der Waals surface area contributed by atoms with Crippen molar-refractivity contribution in [2.45, 2.75) is 19.3 Å². The maximum atomic E-state index is 2.47. The monoisotopic (exact) mass is 651 g/mol. The quantitative estimate of drug-likeness (QED) is 0.166. The van der Waals surface area contributed by atoms with Gasteiger partial charge in [-0.3, -0.25) is 0 Å².